The quantitative estimate of drug-likeness (QED) is 0.215. The summed E-state index contributed by atoms with van der Waals surface area (Å²) in [4.78, 5) is 25.9. The molecule has 0 spiro atoms. The lowest BCUT2D eigenvalue weighted by atomic mass is 10.2. The summed E-state index contributed by atoms with van der Waals surface area (Å²) in [5, 5.41) is 2.74. The number of nitrogens with zero attached hydrogens (tertiary/aromatic N) is 1. The van der Waals surface area contributed by atoms with Crippen LogP contribution in [0.4, 0.5) is 4.79 Å². The summed E-state index contributed by atoms with van der Waals surface area (Å²) >= 11 is 0. The lowest BCUT2D eigenvalue weighted by molar-refractivity contribution is -0.132. The molecule has 0 aromatic heterocycles. The van der Waals surface area contributed by atoms with Crippen molar-refractivity contribution < 1.29 is 33.3 Å². The minimum absolute atomic E-state index is 0.0818. The fraction of sp³-hybridized carbons (Fsp3) is 0.833. The lowest BCUT2D eigenvalue weighted by Crippen LogP contribution is -2.35. The number of rotatable bonds is 20. The van der Waals surface area contributed by atoms with Gasteiger partial charge in [-0.15, -0.1) is 6.42 Å². The summed E-state index contributed by atoms with van der Waals surface area (Å²) in [6.07, 6.45) is 7.49. The SMILES string of the molecule is C#CCOCCOCCOCCOCCC(=O)N(CCC)CCCCNC(=O)OC(C)(C)C. The van der Waals surface area contributed by atoms with Gasteiger partial charge in [0.15, 0.2) is 0 Å². The van der Waals surface area contributed by atoms with E-state index in [-0.39, 0.29) is 5.91 Å². The zero-order valence-electron chi connectivity index (χ0n) is 21.0. The number of terminal acetylenes is 1. The van der Waals surface area contributed by atoms with Crippen molar-refractivity contribution in [2.24, 2.45) is 0 Å². The van der Waals surface area contributed by atoms with Gasteiger partial charge >= 0.3 is 6.09 Å². The lowest BCUT2D eigenvalue weighted by Gasteiger charge is -2.22. The first kappa shape index (κ1) is 31.1. The molecule has 33 heavy (non-hydrogen) atoms. The average molecular weight is 473 g/mol. The third-order valence-corrected chi connectivity index (χ3v) is 4.13. The first-order valence-corrected chi connectivity index (χ1v) is 11.8. The van der Waals surface area contributed by atoms with Crippen molar-refractivity contribution in [2.45, 2.75) is 59.0 Å². The smallest absolute Gasteiger partial charge is 0.407 e. The Morgan fingerprint density at radius 1 is 0.879 bits per heavy atom. The van der Waals surface area contributed by atoms with Gasteiger partial charge in [-0.3, -0.25) is 4.79 Å². The highest BCUT2D eigenvalue weighted by molar-refractivity contribution is 5.76. The van der Waals surface area contributed by atoms with E-state index in [9.17, 15) is 9.59 Å². The summed E-state index contributed by atoms with van der Waals surface area (Å²) in [6, 6.07) is 0. The molecule has 1 N–H and O–H groups in total. The van der Waals surface area contributed by atoms with Crippen molar-refractivity contribution in [1.82, 2.24) is 10.2 Å². The van der Waals surface area contributed by atoms with Gasteiger partial charge in [0.05, 0.1) is 52.7 Å². The van der Waals surface area contributed by atoms with Gasteiger partial charge in [-0.25, -0.2) is 4.79 Å². The van der Waals surface area contributed by atoms with Crippen molar-refractivity contribution >= 4 is 12.0 Å². The molecule has 0 aliphatic carbocycles. The number of unbranched alkanes of at least 4 members (excludes halogenated alkanes) is 1. The zero-order valence-corrected chi connectivity index (χ0v) is 21.0. The minimum Gasteiger partial charge on any atom is -0.444 e. The molecule has 9 nitrogen and oxygen atoms in total. The normalized spacial score (nSPS) is 11.1. The molecule has 0 aromatic carbocycles. The molecule has 0 aliphatic heterocycles. The highest BCUT2D eigenvalue weighted by Gasteiger charge is 2.16. The van der Waals surface area contributed by atoms with Crippen LogP contribution in [0, 0.1) is 12.3 Å². The first-order chi connectivity index (χ1) is 15.8. The summed E-state index contributed by atoms with van der Waals surface area (Å²) in [7, 11) is 0. The Morgan fingerprint density at radius 2 is 1.45 bits per heavy atom. The highest BCUT2D eigenvalue weighted by atomic mass is 16.6. The molecule has 0 aliphatic rings. The first-order valence-electron chi connectivity index (χ1n) is 11.8. The summed E-state index contributed by atoms with van der Waals surface area (Å²) < 4.78 is 26.5. The molecule has 0 bridgehead atoms. The van der Waals surface area contributed by atoms with Gasteiger partial charge in [0, 0.05) is 19.6 Å². The number of carbonyl (C=O) groups excluding carboxylic acids is 2. The maximum absolute atomic E-state index is 12.5. The number of hydrogen-bond acceptors (Lipinski definition) is 7. The van der Waals surface area contributed by atoms with Crippen LogP contribution in [0.25, 0.3) is 0 Å². The molecule has 192 valence electrons. The molecule has 0 atom stereocenters. The highest BCUT2D eigenvalue weighted by Crippen LogP contribution is 2.06. The second kappa shape index (κ2) is 20.7. The largest absolute Gasteiger partial charge is 0.444 e. The fourth-order valence-corrected chi connectivity index (χ4v) is 2.67. The van der Waals surface area contributed by atoms with Crippen LogP contribution in [0.2, 0.25) is 0 Å². The number of carbonyl (C=O) groups is 2. The van der Waals surface area contributed by atoms with Crippen molar-refractivity contribution in [3.63, 3.8) is 0 Å². The van der Waals surface area contributed by atoms with Crippen molar-refractivity contribution in [1.29, 1.82) is 0 Å². The number of ether oxygens (including phenoxy) is 5. The van der Waals surface area contributed by atoms with Gasteiger partial charge in [-0.2, -0.15) is 0 Å². The number of nitrogens with one attached hydrogen (secondary N) is 1. The summed E-state index contributed by atoms with van der Waals surface area (Å²) in [6.45, 7) is 12.9. The molecule has 0 heterocycles. The zero-order chi connectivity index (χ0) is 24.8. The van der Waals surface area contributed by atoms with Crippen LogP contribution in [-0.2, 0) is 28.5 Å². The maximum Gasteiger partial charge on any atom is 0.407 e. The monoisotopic (exact) mass is 472 g/mol. The third kappa shape index (κ3) is 21.7. The van der Waals surface area contributed by atoms with E-state index < -0.39 is 11.7 Å². The molecule has 0 unspecified atom stereocenters. The van der Waals surface area contributed by atoms with Crippen LogP contribution < -0.4 is 5.32 Å². The topological polar surface area (TPSA) is 95.6 Å². The molecule has 0 aromatic rings. The van der Waals surface area contributed by atoms with Gasteiger partial charge in [-0.05, 0) is 40.0 Å². The van der Waals surface area contributed by atoms with Gasteiger partial charge in [0.2, 0.25) is 5.91 Å². The maximum atomic E-state index is 12.5. The van der Waals surface area contributed by atoms with E-state index >= 15 is 0 Å². The van der Waals surface area contributed by atoms with E-state index in [2.05, 4.69) is 11.2 Å². The second-order valence-electron chi connectivity index (χ2n) is 8.36. The van der Waals surface area contributed by atoms with E-state index in [1.54, 1.807) is 0 Å². The van der Waals surface area contributed by atoms with E-state index in [1.807, 2.05) is 32.6 Å². The summed E-state index contributed by atoms with van der Waals surface area (Å²) in [5.74, 6) is 2.47. The molecular formula is C24H44N2O7. The molecule has 0 radical (unpaired) electrons. The van der Waals surface area contributed by atoms with Crippen LogP contribution in [-0.4, -0.2) is 95.0 Å². The van der Waals surface area contributed by atoms with Crippen LogP contribution in [0.1, 0.15) is 53.4 Å². The van der Waals surface area contributed by atoms with Crippen molar-refractivity contribution in [3.05, 3.63) is 0 Å². The molecule has 9 heteroatoms. The van der Waals surface area contributed by atoms with E-state index in [0.717, 1.165) is 25.8 Å². The van der Waals surface area contributed by atoms with Crippen LogP contribution >= 0.6 is 0 Å². The standard InChI is InChI=1S/C24H44N2O7/c1-6-12-26(13-9-8-11-25-23(28)33-24(3,4)5)22(27)10-15-30-17-19-32-21-20-31-18-16-29-14-7-2/h2H,6,8-21H2,1,3-5H3,(H,25,28). The minimum atomic E-state index is -0.505. The molecule has 0 rings (SSSR count). The van der Waals surface area contributed by atoms with E-state index in [4.69, 9.17) is 30.1 Å². The Kier molecular flexibility index (Phi) is 19.6. The summed E-state index contributed by atoms with van der Waals surface area (Å²) in [5.41, 5.74) is -0.505. The van der Waals surface area contributed by atoms with E-state index in [1.165, 1.54) is 0 Å². The van der Waals surface area contributed by atoms with Crippen LogP contribution in [0.3, 0.4) is 0 Å². The molecule has 0 saturated carbocycles. The van der Waals surface area contributed by atoms with Crippen molar-refractivity contribution in [3.8, 4) is 12.3 Å². The van der Waals surface area contributed by atoms with Crippen LogP contribution in [0.15, 0.2) is 0 Å². The second-order valence-corrected chi connectivity index (χ2v) is 8.36. The van der Waals surface area contributed by atoms with Gasteiger partial charge in [0.1, 0.15) is 12.2 Å². The predicted molar refractivity (Wildman–Crippen MR) is 127 cm³/mol. The fourth-order valence-electron chi connectivity index (χ4n) is 2.67. The average Bonchev–Trinajstić information content (AvgIpc) is 2.74. The molecular weight excluding hydrogens is 428 g/mol. The van der Waals surface area contributed by atoms with Crippen molar-refractivity contribution in [2.75, 3.05) is 72.5 Å². The number of alkyl carbamates (subject to hydrolysis) is 1. The molecule has 0 fully saturated rings. The van der Waals surface area contributed by atoms with Gasteiger partial charge in [0.25, 0.3) is 0 Å². The van der Waals surface area contributed by atoms with Crippen LogP contribution in [0.5, 0.6) is 0 Å². The number of amides is 2. The molecule has 2 amide bonds. The third-order valence-electron chi connectivity index (χ3n) is 4.13. The van der Waals surface area contributed by atoms with Gasteiger partial charge < -0.3 is 33.9 Å². The Bertz CT molecular complexity index is 544. The van der Waals surface area contributed by atoms with Gasteiger partial charge in [-0.1, -0.05) is 12.8 Å². The Hall–Kier alpha value is -1.86. The Morgan fingerprint density at radius 3 is 2.00 bits per heavy atom. The molecule has 0 saturated heterocycles. The number of hydrogen-bond donors (Lipinski definition) is 1. The Labute approximate surface area is 199 Å². The Balaban J connectivity index is 3.72. The predicted octanol–water partition coefficient (Wildman–Crippen LogP) is 2.62. The van der Waals surface area contributed by atoms with E-state index in [0.29, 0.717) is 72.4 Å².